The van der Waals surface area contributed by atoms with E-state index in [0.29, 0.717) is 22.9 Å². The van der Waals surface area contributed by atoms with E-state index in [9.17, 15) is 14.7 Å². The highest BCUT2D eigenvalue weighted by molar-refractivity contribution is 7.17. The number of amides is 1. The lowest BCUT2D eigenvalue weighted by atomic mass is 9.95. The van der Waals surface area contributed by atoms with Gasteiger partial charge in [-0.2, -0.15) is 0 Å². The summed E-state index contributed by atoms with van der Waals surface area (Å²) in [7, 11) is 0. The Morgan fingerprint density at radius 2 is 1.72 bits per heavy atom. The van der Waals surface area contributed by atoms with Crippen LogP contribution in [0.2, 0.25) is 0 Å². The average molecular weight is 407 g/mol. The predicted octanol–water partition coefficient (Wildman–Crippen LogP) is 5.16. The number of hydrogen-bond donors (Lipinski definition) is 2. The smallest absolute Gasteiger partial charge is 0.339 e. The number of thiophene rings is 1. The second kappa shape index (κ2) is 8.49. The van der Waals surface area contributed by atoms with Crippen LogP contribution in [0.5, 0.6) is 5.75 Å². The molecule has 1 aliphatic rings. The van der Waals surface area contributed by atoms with E-state index in [2.05, 4.69) is 5.32 Å². The minimum Gasteiger partial charge on any atom is -0.489 e. The van der Waals surface area contributed by atoms with E-state index in [-0.39, 0.29) is 11.5 Å². The van der Waals surface area contributed by atoms with Gasteiger partial charge in [0.15, 0.2) is 0 Å². The van der Waals surface area contributed by atoms with Crippen LogP contribution in [0.4, 0.5) is 5.00 Å². The first-order chi connectivity index (χ1) is 14.1. The van der Waals surface area contributed by atoms with Crippen LogP contribution in [0.3, 0.4) is 0 Å². The number of ether oxygens (including phenoxy) is 1. The monoisotopic (exact) mass is 407 g/mol. The zero-order valence-electron chi connectivity index (χ0n) is 15.8. The SMILES string of the molecule is O=C(Nc1sc2c(c1C(=O)O)CCCC2)c1ccc(OCc2ccccc2)cc1. The van der Waals surface area contributed by atoms with Crippen molar-refractivity contribution in [1.29, 1.82) is 0 Å². The van der Waals surface area contributed by atoms with Gasteiger partial charge >= 0.3 is 5.97 Å². The first-order valence-corrected chi connectivity index (χ1v) is 10.4. The Morgan fingerprint density at radius 1 is 1.00 bits per heavy atom. The number of carboxylic acids is 1. The molecule has 0 saturated carbocycles. The maximum atomic E-state index is 12.7. The largest absolute Gasteiger partial charge is 0.489 e. The second-order valence-corrected chi connectivity index (χ2v) is 8.08. The van der Waals surface area contributed by atoms with Gasteiger partial charge in [-0.3, -0.25) is 4.79 Å². The van der Waals surface area contributed by atoms with E-state index in [1.165, 1.54) is 11.3 Å². The van der Waals surface area contributed by atoms with Crippen LogP contribution in [-0.4, -0.2) is 17.0 Å². The van der Waals surface area contributed by atoms with Crippen LogP contribution in [0.25, 0.3) is 0 Å². The van der Waals surface area contributed by atoms with Crippen molar-refractivity contribution in [3.8, 4) is 5.75 Å². The molecule has 2 aromatic carbocycles. The van der Waals surface area contributed by atoms with Gasteiger partial charge in [0.1, 0.15) is 17.4 Å². The van der Waals surface area contributed by atoms with Crippen molar-refractivity contribution >= 4 is 28.2 Å². The summed E-state index contributed by atoms with van der Waals surface area (Å²) in [4.78, 5) is 25.5. The summed E-state index contributed by atoms with van der Waals surface area (Å²) in [6, 6.07) is 16.7. The molecule has 0 atom stereocenters. The number of aryl methyl sites for hydroxylation is 1. The Bertz CT molecular complexity index is 1030. The first-order valence-electron chi connectivity index (χ1n) is 9.58. The van der Waals surface area contributed by atoms with Crippen LogP contribution < -0.4 is 10.1 Å². The van der Waals surface area contributed by atoms with Gasteiger partial charge < -0.3 is 15.2 Å². The molecule has 148 valence electrons. The number of nitrogens with one attached hydrogen (secondary N) is 1. The number of carbonyl (C=O) groups is 2. The highest BCUT2D eigenvalue weighted by atomic mass is 32.1. The summed E-state index contributed by atoms with van der Waals surface area (Å²) in [6.07, 6.45) is 3.69. The Labute approximate surface area is 173 Å². The normalized spacial score (nSPS) is 12.8. The average Bonchev–Trinajstić information content (AvgIpc) is 3.11. The van der Waals surface area contributed by atoms with E-state index in [1.54, 1.807) is 24.3 Å². The Kier molecular flexibility index (Phi) is 5.62. The van der Waals surface area contributed by atoms with E-state index in [0.717, 1.165) is 41.7 Å². The number of carbonyl (C=O) groups excluding carboxylic acids is 1. The molecule has 6 heteroatoms. The molecule has 5 nitrogen and oxygen atoms in total. The molecule has 0 saturated heterocycles. The molecule has 1 heterocycles. The molecule has 3 aromatic rings. The van der Waals surface area contributed by atoms with E-state index in [4.69, 9.17) is 4.74 Å². The molecule has 1 aliphatic carbocycles. The third kappa shape index (κ3) is 4.32. The molecule has 4 rings (SSSR count). The van der Waals surface area contributed by atoms with Crippen LogP contribution in [-0.2, 0) is 19.4 Å². The van der Waals surface area contributed by atoms with Crippen molar-refractivity contribution < 1.29 is 19.4 Å². The fourth-order valence-electron chi connectivity index (χ4n) is 3.50. The maximum absolute atomic E-state index is 12.7. The molecule has 1 amide bonds. The summed E-state index contributed by atoms with van der Waals surface area (Å²) >= 11 is 1.38. The lowest BCUT2D eigenvalue weighted by molar-refractivity contribution is 0.0697. The van der Waals surface area contributed by atoms with Crippen molar-refractivity contribution in [3.63, 3.8) is 0 Å². The van der Waals surface area contributed by atoms with Gasteiger partial charge in [-0.05, 0) is 61.1 Å². The van der Waals surface area contributed by atoms with E-state index < -0.39 is 5.97 Å². The zero-order valence-corrected chi connectivity index (χ0v) is 16.6. The summed E-state index contributed by atoms with van der Waals surface area (Å²) in [5.74, 6) is -0.631. The van der Waals surface area contributed by atoms with Crippen molar-refractivity contribution in [1.82, 2.24) is 0 Å². The van der Waals surface area contributed by atoms with E-state index in [1.807, 2.05) is 30.3 Å². The fraction of sp³-hybridized carbons (Fsp3) is 0.217. The summed E-state index contributed by atoms with van der Waals surface area (Å²) in [5, 5.41) is 12.9. The number of fused-ring (bicyclic) bond motifs is 1. The number of anilines is 1. The van der Waals surface area contributed by atoms with E-state index >= 15 is 0 Å². The van der Waals surface area contributed by atoms with Gasteiger partial charge in [0.2, 0.25) is 0 Å². The first kappa shape index (κ1) is 19.2. The molecule has 0 bridgehead atoms. The summed E-state index contributed by atoms with van der Waals surface area (Å²) < 4.78 is 5.74. The molecular weight excluding hydrogens is 386 g/mol. The van der Waals surface area contributed by atoms with Crippen molar-refractivity contribution in [2.75, 3.05) is 5.32 Å². The molecule has 0 fully saturated rings. The number of hydrogen-bond acceptors (Lipinski definition) is 4. The Balaban J connectivity index is 1.45. The predicted molar refractivity (Wildman–Crippen MR) is 113 cm³/mol. The van der Waals surface area contributed by atoms with Gasteiger partial charge in [0.05, 0.1) is 5.56 Å². The van der Waals surface area contributed by atoms with Crippen molar-refractivity contribution in [2.45, 2.75) is 32.3 Å². The van der Waals surface area contributed by atoms with Crippen LogP contribution in [0, 0.1) is 0 Å². The van der Waals surface area contributed by atoms with Crippen molar-refractivity contribution in [2.24, 2.45) is 0 Å². The van der Waals surface area contributed by atoms with Crippen LogP contribution >= 0.6 is 11.3 Å². The van der Waals surface area contributed by atoms with Crippen LogP contribution in [0.15, 0.2) is 54.6 Å². The highest BCUT2D eigenvalue weighted by Crippen LogP contribution is 2.38. The van der Waals surface area contributed by atoms with Gasteiger partial charge in [-0.15, -0.1) is 11.3 Å². The molecule has 0 spiro atoms. The molecule has 0 aliphatic heterocycles. The third-order valence-electron chi connectivity index (χ3n) is 4.98. The summed E-state index contributed by atoms with van der Waals surface area (Å²) in [5.41, 5.74) is 2.66. The standard InChI is InChI=1S/C23H21NO4S/c25-21(24-22-20(23(26)27)18-8-4-5-9-19(18)29-22)16-10-12-17(13-11-16)28-14-15-6-2-1-3-7-15/h1-3,6-7,10-13H,4-5,8-9,14H2,(H,24,25)(H,26,27). The molecular formula is C23H21NO4S. The number of aromatic carboxylic acids is 1. The third-order valence-corrected chi connectivity index (χ3v) is 6.18. The highest BCUT2D eigenvalue weighted by Gasteiger charge is 2.26. The minimum absolute atomic E-state index is 0.251. The lowest BCUT2D eigenvalue weighted by Crippen LogP contribution is -2.14. The Morgan fingerprint density at radius 3 is 2.45 bits per heavy atom. The number of carboxylic acid groups (broad SMARTS) is 1. The van der Waals surface area contributed by atoms with Gasteiger partial charge in [-0.1, -0.05) is 30.3 Å². The molecule has 29 heavy (non-hydrogen) atoms. The Hall–Kier alpha value is -3.12. The second-order valence-electron chi connectivity index (χ2n) is 6.97. The van der Waals surface area contributed by atoms with Gasteiger partial charge in [0.25, 0.3) is 5.91 Å². The van der Waals surface area contributed by atoms with Crippen LogP contribution in [0.1, 0.15) is 49.6 Å². The molecule has 0 unspecified atom stereocenters. The van der Waals surface area contributed by atoms with Crippen molar-refractivity contribution in [3.05, 3.63) is 81.7 Å². The number of rotatable bonds is 6. The molecule has 0 radical (unpaired) electrons. The topological polar surface area (TPSA) is 75.6 Å². The minimum atomic E-state index is -0.982. The number of benzene rings is 2. The van der Waals surface area contributed by atoms with Gasteiger partial charge in [-0.25, -0.2) is 4.79 Å². The molecule has 1 aromatic heterocycles. The summed E-state index contributed by atoms with van der Waals surface area (Å²) in [6.45, 7) is 0.453. The maximum Gasteiger partial charge on any atom is 0.339 e. The van der Waals surface area contributed by atoms with Gasteiger partial charge in [0, 0.05) is 10.4 Å². The molecule has 2 N–H and O–H groups in total. The lowest BCUT2D eigenvalue weighted by Gasteiger charge is -2.10. The quantitative estimate of drug-likeness (QED) is 0.592. The fourth-order valence-corrected chi connectivity index (χ4v) is 4.78. The zero-order chi connectivity index (χ0) is 20.2.